The molecule has 214 valence electrons. The van der Waals surface area contributed by atoms with Crippen molar-refractivity contribution in [2.75, 3.05) is 18.6 Å². The van der Waals surface area contributed by atoms with Crippen LogP contribution in [0.3, 0.4) is 0 Å². The van der Waals surface area contributed by atoms with Crippen LogP contribution in [0.2, 0.25) is 0 Å². The number of rotatable bonds is 18. The number of nitrogens with two attached hydrogens (primary N) is 3. The predicted octanol–water partition coefficient (Wildman–Crippen LogP) is -1.33. The molecular formula is C23H41N9O5S. The summed E-state index contributed by atoms with van der Waals surface area (Å²) in [4.78, 5) is 61.5. The number of aromatic nitrogens is 2. The van der Waals surface area contributed by atoms with Gasteiger partial charge >= 0.3 is 5.97 Å². The Balaban J connectivity index is 3.10. The molecule has 38 heavy (non-hydrogen) atoms. The molecule has 1 heterocycles. The van der Waals surface area contributed by atoms with E-state index in [0.29, 0.717) is 24.3 Å². The molecule has 14 nitrogen and oxygen atoms in total. The second-order valence-electron chi connectivity index (χ2n) is 8.94. The number of thioether (sulfide) groups is 1. The van der Waals surface area contributed by atoms with E-state index in [1.54, 1.807) is 0 Å². The molecular weight excluding hydrogens is 514 g/mol. The lowest BCUT2D eigenvalue weighted by molar-refractivity contribution is -0.142. The Kier molecular flexibility index (Phi) is 14.8. The second-order valence-corrected chi connectivity index (χ2v) is 9.93. The molecule has 0 spiro atoms. The van der Waals surface area contributed by atoms with Crippen LogP contribution in [0.15, 0.2) is 17.5 Å². The van der Waals surface area contributed by atoms with Gasteiger partial charge in [0.2, 0.25) is 17.7 Å². The van der Waals surface area contributed by atoms with E-state index in [1.807, 2.05) is 20.1 Å². The third-order valence-corrected chi connectivity index (χ3v) is 6.62. The highest BCUT2D eigenvalue weighted by atomic mass is 32.2. The first-order chi connectivity index (χ1) is 18.0. The van der Waals surface area contributed by atoms with Crippen LogP contribution in [-0.2, 0) is 25.6 Å². The van der Waals surface area contributed by atoms with E-state index in [2.05, 4.69) is 30.9 Å². The van der Waals surface area contributed by atoms with Gasteiger partial charge in [-0.2, -0.15) is 11.8 Å². The summed E-state index contributed by atoms with van der Waals surface area (Å²) in [5.74, 6) is -2.68. The summed E-state index contributed by atoms with van der Waals surface area (Å²) in [7, 11) is 0. The SMILES string of the molecule is CCC(C)C(N)C(=O)NC(CCCN=C(N)N)C(=O)NC(Cc1cnc[nH]1)C(=O)NC(CCSC)C(=O)O. The number of carbonyl (C=O) groups is 4. The number of H-pyrrole nitrogens is 1. The van der Waals surface area contributed by atoms with Crippen molar-refractivity contribution >= 4 is 41.4 Å². The van der Waals surface area contributed by atoms with Crippen LogP contribution in [0.1, 0.15) is 45.2 Å². The maximum absolute atomic E-state index is 13.3. The highest BCUT2D eigenvalue weighted by Crippen LogP contribution is 2.09. The van der Waals surface area contributed by atoms with Crippen LogP contribution in [0.5, 0.6) is 0 Å². The minimum Gasteiger partial charge on any atom is -0.480 e. The van der Waals surface area contributed by atoms with Crippen molar-refractivity contribution in [3.63, 3.8) is 0 Å². The Hall–Kier alpha value is -3.33. The van der Waals surface area contributed by atoms with Crippen LogP contribution < -0.4 is 33.2 Å². The van der Waals surface area contributed by atoms with Gasteiger partial charge in [0.25, 0.3) is 0 Å². The highest BCUT2D eigenvalue weighted by Gasteiger charge is 2.31. The van der Waals surface area contributed by atoms with Gasteiger partial charge in [-0.3, -0.25) is 19.4 Å². The monoisotopic (exact) mass is 555 g/mol. The summed E-state index contributed by atoms with van der Waals surface area (Å²) in [6.07, 6.45) is 6.19. The molecule has 1 rings (SSSR count). The molecule has 1 aromatic rings. The smallest absolute Gasteiger partial charge is 0.326 e. The molecule has 0 aliphatic heterocycles. The van der Waals surface area contributed by atoms with Gasteiger partial charge in [-0.15, -0.1) is 0 Å². The summed E-state index contributed by atoms with van der Waals surface area (Å²) in [5, 5.41) is 17.3. The third-order valence-electron chi connectivity index (χ3n) is 5.98. The van der Waals surface area contributed by atoms with Gasteiger partial charge in [0.1, 0.15) is 18.1 Å². The number of hydrogen-bond donors (Lipinski definition) is 8. The quantitative estimate of drug-likeness (QED) is 0.0602. The van der Waals surface area contributed by atoms with E-state index in [9.17, 15) is 24.3 Å². The average Bonchev–Trinajstić information content (AvgIpc) is 3.39. The fourth-order valence-corrected chi connectivity index (χ4v) is 3.89. The molecule has 3 amide bonds. The fourth-order valence-electron chi connectivity index (χ4n) is 3.42. The number of hydrogen-bond acceptors (Lipinski definition) is 8. The Morgan fingerprint density at radius 3 is 2.26 bits per heavy atom. The van der Waals surface area contributed by atoms with Gasteiger partial charge in [-0.05, 0) is 37.2 Å². The molecule has 15 heteroatoms. The number of aromatic amines is 1. The number of carboxylic acid groups (broad SMARTS) is 1. The number of amides is 3. The van der Waals surface area contributed by atoms with Gasteiger partial charge in [0, 0.05) is 24.9 Å². The molecule has 11 N–H and O–H groups in total. The summed E-state index contributed by atoms with van der Waals surface area (Å²) < 4.78 is 0. The van der Waals surface area contributed by atoms with Crippen molar-refractivity contribution in [3.8, 4) is 0 Å². The second kappa shape index (κ2) is 17.2. The Labute approximate surface area is 226 Å². The molecule has 1 aromatic heterocycles. The van der Waals surface area contributed by atoms with Crippen LogP contribution in [0.25, 0.3) is 0 Å². The molecule has 0 fully saturated rings. The Bertz CT molecular complexity index is 924. The molecule has 0 saturated carbocycles. The first-order valence-corrected chi connectivity index (χ1v) is 13.8. The lowest BCUT2D eigenvalue weighted by Crippen LogP contribution is -2.58. The van der Waals surface area contributed by atoms with Gasteiger partial charge in [-0.25, -0.2) is 9.78 Å². The van der Waals surface area contributed by atoms with E-state index in [-0.39, 0.29) is 37.7 Å². The van der Waals surface area contributed by atoms with E-state index in [0.717, 1.165) is 0 Å². The number of carbonyl (C=O) groups excluding carboxylic acids is 3. The standard InChI is InChI=1S/C23H41N9O5S/c1-4-13(2)18(24)21(35)30-15(6-5-8-28-23(25)26)19(33)32-17(10-14-11-27-12-29-14)20(34)31-16(22(36)37)7-9-38-3/h11-13,15-18H,4-10,24H2,1-3H3,(H,27,29)(H,30,35)(H,31,34)(H,32,33)(H,36,37)(H4,25,26,28). The van der Waals surface area contributed by atoms with Gasteiger partial charge in [-0.1, -0.05) is 20.3 Å². The predicted molar refractivity (Wildman–Crippen MR) is 146 cm³/mol. The maximum Gasteiger partial charge on any atom is 0.326 e. The molecule has 0 aliphatic carbocycles. The van der Waals surface area contributed by atoms with Gasteiger partial charge in [0.15, 0.2) is 5.96 Å². The fraction of sp³-hybridized carbons (Fsp3) is 0.652. The molecule has 0 aromatic carbocycles. The van der Waals surface area contributed by atoms with E-state index in [1.165, 1.54) is 24.3 Å². The molecule has 0 bridgehead atoms. The van der Waals surface area contributed by atoms with Crippen LogP contribution >= 0.6 is 11.8 Å². The number of guanidine groups is 1. The van der Waals surface area contributed by atoms with Crippen molar-refractivity contribution < 1.29 is 24.3 Å². The average molecular weight is 556 g/mol. The van der Waals surface area contributed by atoms with Crippen LogP contribution in [0, 0.1) is 5.92 Å². The normalized spacial score (nSPS) is 14.8. The number of imidazole rings is 1. The number of carboxylic acids is 1. The first-order valence-electron chi connectivity index (χ1n) is 12.4. The molecule has 0 radical (unpaired) electrons. The van der Waals surface area contributed by atoms with Crippen LogP contribution in [0.4, 0.5) is 0 Å². The van der Waals surface area contributed by atoms with Crippen molar-refractivity contribution in [1.82, 2.24) is 25.9 Å². The highest BCUT2D eigenvalue weighted by molar-refractivity contribution is 7.98. The molecule has 0 saturated heterocycles. The minimum absolute atomic E-state index is 0.0213. The van der Waals surface area contributed by atoms with Crippen molar-refractivity contribution in [1.29, 1.82) is 0 Å². The van der Waals surface area contributed by atoms with E-state index >= 15 is 0 Å². The Morgan fingerprint density at radius 2 is 1.71 bits per heavy atom. The third kappa shape index (κ3) is 11.8. The van der Waals surface area contributed by atoms with Crippen molar-refractivity contribution in [3.05, 3.63) is 18.2 Å². The zero-order valence-corrected chi connectivity index (χ0v) is 22.9. The topological polar surface area (TPSA) is 244 Å². The number of nitrogens with zero attached hydrogens (tertiary/aromatic N) is 2. The minimum atomic E-state index is -1.18. The first kappa shape index (κ1) is 32.7. The van der Waals surface area contributed by atoms with Crippen LogP contribution in [-0.4, -0.2) is 87.4 Å². The molecule has 0 aliphatic rings. The maximum atomic E-state index is 13.3. The van der Waals surface area contributed by atoms with E-state index < -0.39 is 47.9 Å². The number of aliphatic carboxylic acids is 1. The lowest BCUT2D eigenvalue weighted by atomic mass is 9.98. The number of aliphatic imine (C=N–C) groups is 1. The zero-order chi connectivity index (χ0) is 28.7. The summed E-state index contributed by atoms with van der Waals surface area (Å²) >= 11 is 1.45. The summed E-state index contributed by atoms with van der Waals surface area (Å²) in [5.41, 5.74) is 17.3. The molecule has 5 unspecified atom stereocenters. The van der Waals surface area contributed by atoms with Gasteiger partial charge < -0.3 is 43.2 Å². The number of nitrogens with one attached hydrogen (secondary N) is 4. The van der Waals surface area contributed by atoms with Gasteiger partial charge in [0.05, 0.1) is 12.4 Å². The van der Waals surface area contributed by atoms with Crippen molar-refractivity contribution in [2.45, 2.75) is 70.1 Å². The molecule has 5 atom stereocenters. The zero-order valence-electron chi connectivity index (χ0n) is 22.1. The Morgan fingerprint density at radius 1 is 1.08 bits per heavy atom. The summed E-state index contributed by atoms with van der Waals surface area (Å²) in [6, 6.07) is -4.13. The van der Waals surface area contributed by atoms with E-state index in [4.69, 9.17) is 17.2 Å². The summed E-state index contributed by atoms with van der Waals surface area (Å²) in [6.45, 7) is 3.96. The lowest BCUT2D eigenvalue weighted by Gasteiger charge is -2.26. The largest absolute Gasteiger partial charge is 0.480 e. The van der Waals surface area contributed by atoms with Crippen molar-refractivity contribution in [2.24, 2.45) is 28.1 Å².